The van der Waals surface area contributed by atoms with E-state index < -0.39 is 0 Å². The van der Waals surface area contributed by atoms with E-state index in [9.17, 15) is 4.79 Å². The first-order valence-electron chi connectivity index (χ1n) is 11.4. The van der Waals surface area contributed by atoms with E-state index in [1.165, 1.54) is 29.1 Å². The molecule has 1 atom stereocenters. The monoisotopic (exact) mass is 434 g/mol. The van der Waals surface area contributed by atoms with E-state index in [4.69, 9.17) is 4.98 Å². The number of hydrogen-bond acceptors (Lipinski definition) is 4. The zero-order valence-electron chi connectivity index (χ0n) is 18.2. The predicted octanol–water partition coefficient (Wildman–Crippen LogP) is 4.73. The number of fused-ring (bicyclic) bond motifs is 1. The van der Waals surface area contributed by atoms with Crippen LogP contribution in [0.5, 0.6) is 0 Å². The summed E-state index contributed by atoms with van der Waals surface area (Å²) in [6.07, 6.45) is 8.91. The number of rotatable bonds is 6. The minimum atomic E-state index is 0.149. The van der Waals surface area contributed by atoms with Gasteiger partial charge in [0.15, 0.2) is 5.13 Å². The van der Waals surface area contributed by atoms with Crippen LogP contribution in [0, 0.1) is 0 Å². The van der Waals surface area contributed by atoms with Crippen molar-refractivity contribution in [3.8, 4) is 0 Å². The van der Waals surface area contributed by atoms with Crippen LogP contribution in [0.1, 0.15) is 53.6 Å². The number of aromatic nitrogens is 2. The predicted molar refractivity (Wildman–Crippen MR) is 125 cm³/mol. The molecule has 1 saturated heterocycles. The van der Waals surface area contributed by atoms with Crippen LogP contribution in [0.15, 0.2) is 48.7 Å². The lowest BCUT2D eigenvalue weighted by molar-refractivity contribution is -0.120. The average Bonchev–Trinajstić information content (AvgIpc) is 3.51. The minimum Gasteiger partial charge on any atom is -0.353 e. The Labute approximate surface area is 188 Å². The standard InChI is InChI=1S/C25H30N4OS/c1-27-15-7-12-21(27)22-13-8-16-28(22)18-24(30)29(17-19-9-3-2-4-10-19)25-26-20-11-5-6-14-23(20)31-25/h2-4,7,9-10,12,15,22H,5-6,8,11,13-14,16-18H2,1H3/t22-/m1/s1. The Bertz CT molecular complexity index is 1020. The molecule has 0 unspecified atom stereocenters. The first-order valence-corrected chi connectivity index (χ1v) is 12.2. The summed E-state index contributed by atoms with van der Waals surface area (Å²) >= 11 is 1.72. The number of anilines is 1. The van der Waals surface area contributed by atoms with E-state index in [0.717, 1.165) is 42.9 Å². The fourth-order valence-electron chi connectivity index (χ4n) is 4.91. The van der Waals surface area contributed by atoms with E-state index in [2.05, 4.69) is 47.0 Å². The second-order valence-corrected chi connectivity index (χ2v) is 9.77. The maximum atomic E-state index is 13.7. The highest BCUT2D eigenvalue weighted by Crippen LogP contribution is 2.34. The summed E-state index contributed by atoms with van der Waals surface area (Å²) in [5.74, 6) is 0.149. The molecule has 31 heavy (non-hydrogen) atoms. The highest BCUT2D eigenvalue weighted by molar-refractivity contribution is 7.15. The van der Waals surface area contributed by atoms with Crippen molar-refractivity contribution in [1.29, 1.82) is 0 Å². The molecule has 3 aromatic rings. The largest absolute Gasteiger partial charge is 0.353 e. The lowest BCUT2D eigenvalue weighted by Gasteiger charge is -2.28. The fraction of sp³-hybridized carbons (Fsp3) is 0.440. The van der Waals surface area contributed by atoms with Crippen molar-refractivity contribution in [2.45, 2.75) is 51.1 Å². The number of carbonyl (C=O) groups excluding carboxylic acids is 1. The topological polar surface area (TPSA) is 41.4 Å². The van der Waals surface area contributed by atoms with Gasteiger partial charge >= 0.3 is 0 Å². The molecule has 5 rings (SSSR count). The molecule has 1 aliphatic heterocycles. The zero-order valence-corrected chi connectivity index (χ0v) is 19.0. The van der Waals surface area contributed by atoms with Crippen LogP contribution in [0.4, 0.5) is 5.13 Å². The molecule has 5 nitrogen and oxygen atoms in total. The third-order valence-electron chi connectivity index (χ3n) is 6.58. The van der Waals surface area contributed by atoms with Gasteiger partial charge in [-0.25, -0.2) is 4.98 Å². The maximum absolute atomic E-state index is 13.7. The molecular weight excluding hydrogens is 404 g/mol. The van der Waals surface area contributed by atoms with Crippen molar-refractivity contribution in [3.05, 3.63) is 70.5 Å². The van der Waals surface area contributed by atoms with E-state index in [0.29, 0.717) is 19.1 Å². The number of likely N-dealkylation sites (tertiary alicyclic amines) is 1. The average molecular weight is 435 g/mol. The zero-order chi connectivity index (χ0) is 21.2. The minimum absolute atomic E-state index is 0.149. The molecule has 1 amide bonds. The smallest absolute Gasteiger partial charge is 0.243 e. The van der Waals surface area contributed by atoms with Crippen LogP contribution >= 0.6 is 11.3 Å². The molecule has 0 N–H and O–H groups in total. The van der Waals surface area contributed by atoms with Crippen LogP contribution in [0.3, 0.4) is 0 Å². The van der Waals surface area contributed by atoms with Crippen LogP contribution in [0.25, 0.3) is 0 Å². The van der Waals surface area contributed by atoms with Gasteiger partial charge in [-0.1, -0.05) is 30.3 Å². The Balaban J connectivity index is 1.40. The van der Waals surface area contributed by atoms with Crippen molar-refractivity contribution >= 4 is 22.4 Å². The number of nitrogens with zero attached hydrogens (tertiary/aromatic N) is 4. The molecule has 1 fully saturated rings. The quantitative estimate of drug-likeness (QED) is 0.563. The first kappa shape index (κ1) is 20.5. The Kier molecular flexibility index (Phi) is 5.92. The number of aryl methyl sites for hydroxylation is 3. The van der Waals surface area contributed by atoms with E-state index in [-0.39, 0.29) is 5.91 Å². The second-order valence-electron chi connectivity index (χ2n) is 8.71. The normalized spacial score (nSPS) is 18.8. The van der Waals surface area contributed by atoms with Crippen molar-refractivity contribution in [3.63, 3.8) is 0 Å². The van der Waals surface area contributed by atoms with E-state index in [1.54, 1.807) is 11.3 Å². The fourth-order valence-corrected chi connectivity index (χ4v) is 6.08. The Morgan fingerprint density at radius 2 is 1.97 bits per heavy atom. The van der Waals surface area contributed by atoms with E-state index >= 15 is 0 Å². The highest BCUT2D eigenvalue weighted by Gasteiger charge is 2.32. The van der Waals surface area contributed by atoms with Gasteiger partial charge in [0.1, 0.15) is 0 Å². The summed E-state index contributed by atoms with van der Waals surface area (Å²) < 4.78 is 2.18. The van der Waals surface area contributed by atoms with E-state index in [1.807, 2.05) is 23.1 Å². The molecule has 2 aliphatic rings. The molecule has 1 aromatic carbocycles. The molecule has 0 bridgehead atoms. The number of amides is 1. The highest BCUT2D eigenvalue weighted by atomic mass is 32.1. The molecule has 1 aliphatic carbocycles. The van der Waals surface area contributed by atoms with Crippen LogP contribution in [-0.4, -0.2) is 33.4 Å². The lowest BCUT2D eigenvalue weighted by Crippen LogP contribution is -2.40. The third-order valence-corrected chi connectivity index (χ3v) is 7.76. The SMILES string of the molecule is Cn1cccc1[C@H]1CCCN1CC(=O)N(Cc1ccccc1)c1nc2c(s1)CCCC2. The van der Waals surface area contributed by atoms with Gasteiger partial charge in [-0.05, 0) is 62.8 Å². The van der Waals surface area contributed by atoms with Gasteiger partial charge in [0.05, 0.1) is 24.8 Å². The van der Waals surface area contributed by atoms with Gasteiger partial charge in [-0.15, -0.1) is 11.3 Å². The molecule has 2 aromatic heterocycles. The molecule has 0 saturated carbocycles. The van der Waals surface area contributed by atoms with Gasteiger partial charge in [-0.2, -0.15) is 0 Å². The van der Waals surface area contributed by atoms with Crippen LogP contribution in [-0.2, 0) is 31.2 Å². The van der Waals surface area contributed by atoms with Gasteiger partial charge in [0, 0.05) is 23.8 Å². The number of thiazole rings is 1. The molecule has 3 heterocycles. The Hall–Kier alpha value is -2.44. The summed E-state index contributed by atoms with van der Waals surface area (Å²) in [5.41, 5.74) is 3.65. The van der Waals surface area contributed by atoms with Gasteiger partial charge in [0.2, 0.25) is 5.91 Å². The van der Waals surface area contributed by atoms with Crippen LogP contribution < -0.4 is 4.90 Å². The van der Waals surface area contributed by atoms with Crippen molar-refractivity contribution in [2.24, 2.45) is 7.05 Å². The van der Waals surface area contributed by atoms with Crippen molar-refractivity contribution in [2.75, 3.05) is 18.0 Å². The Morgan fingerprint density at radius 3 is 2.74 bits per heavy atom. The first-order chi connectivity index (χ1) is 15.2. The summed E-state index contributed by atoms with van der Waals surface area (Å²) in [6, 6.07) is 14.9. The number of carbonyl (C=O) groups is 1. The molecule has 0 spiro atoms. The third kappa shape index (κ3) is 4.32. The van der Waals surface area contributed by atoms with Crippen LogP contribution in [0.2, 0.25) is 0 Å². The van der Waals surface area contributed by atoms with Gasteiger partial charge < -0.3 is 4.57 Å². The summed E-state index contributed by atoms with van der Waals surface area (Å²) in [6.45, 7) is 1.98. The summed E-state index contributed by atoms with van der Waals surface area (Å²) in [4.78, 5) is 24.2. The summed E-state index contributed by atoms with van der Waals surface area (Å²) in [5, 5.41) is 0.871. The van der Waals surface area contributed by atoms with Gasteiger partial charge in [-0.3, -0.25) is 14.6 Å². The molecule has 6 heteroatoms. The van der Waals surface area contributed by atoms with Gasteiger partial charge in [0.25, 0.3) is 0 Å². The number of hydrogen-bond donors (Lipinski definition) is 0. The lowest BCUT2D eigenvalue weighted by atomic mass is 10.0. The second kappa shape index (κ2) is 8.97. The van der Waals surface area contributed by atoms with Crippen molar-refractivity contribution in [1.82, 2.24) is 14.5 Å². The van der Waals surface area contributed by atoms with Crippen molar-refractivity contribution < 1.29 is 4.79 Å². The number of benzene rings is 1. The maximum Gasteiger partial charge on any atom is 0.243 e. The molecule has 162 valence electrons. The molecular formula is C25H30N4OS. The molecule has 0 radical (unpaired) electrons. The Morgan fingerprint density at radius 1 is 1.13 bits per heavy atom. The summed E-state index contributed by atoms with van der Waals surface area (Å²) in [7, 11) is 2.09.